The maximum Gasteiger partial charge on any atom is 0.266 e. The third-order valence-corrected chi connectivity index (χ3v) is 3.67. The highest BCUT2D eigenvalue weighted by molar-refractivity contribution is 6.09. The minimum absolute atomic E-state index is 0.0134. The average molecular weight is 380 g/mol. The smallest absolute Gasteiger partial charge is 0.266 e. The molecule has 0 heterocycles. The highest BCUT2D eigenvalue weighted by Crippen LogP contribution is 2.29. The summed E-state index contributed by atoms with van der Waals surface area (Å²) in [6, 6.07) is 14.2. The number of amides is 1. The molecule has 6 heteroatoms. The summed E-state index contributed by atoms with van der Waals surface area (Å²) in [5, 5.41) is 12.1. The first-order valence-electron chi connectivity index (χ1n) is 9.16. The van der Waals surface area contributed by atoms with Gasteiger partial charge < -0.3 is 19.5 Å². The quantitative estimate of drug-likeness (QED) is 0.514. The van der Waals surface area contributed by atoms with E-state index in [4.69, 9.17) is 14.2 Å². The van der Waals surface area contributed by atoms with Gasteiger partial charge in [0.15, 0.2) is 11.5 Å². The molecule has 1 N–H and O–H groups in total. The number of benzene rings is 2. The first-order valence-corrected chi connectivity index (χ1v) is 9.16. The Morgan fingerprint density at radius 3 is 2.21 bits per heavy atom. The number of nitrogens with zero attached hydrogens (tertiary/aromatic N) is 1. The predicted molar refractivity (Wildman–Crippen MR) is 109 cm³/mol. The molecule has 0 aliphatic carbocycles. The Kier molecular flexibility index (Phi) is 7.92. The van der Waals surface area contributed by atoms with Crippen molar-refractivity contribution in [2.75, 3.05) is 25.1 Å². The summed E-state index contributed by atoms with van der Waals surface area (Å²) in [7, 11) is 0. The van der Waals surface area contributed by atoms with Crippen LogP contribution < -0.4 is 19.5 Å². The zero-order chi connectivity index (χ0) is 20.4. The summed E-state index contributed by atoms with van der Waals surface area (Å²) in [6.07, 6.45) is 1.52. The van der Waals surface area contributed by atoms with Crippen molar-refractivity contribution >= 4 is 17.7 Å². The van der Waals surface area contributed by atoms with Gasteiger partial charge in [-0.15, -0.1) is 0 Å². The van der Waals surface area contributed by atoms with E-state index in [1.165, 1.54) is 6.08 Å². The first kappa shape index (κ1) is 20.8. The van der Waals surface area contributed by atoms with Gasteiger partial charge in [0.05, 0.1) is 19.8 Å². The van der Waals surface area contributed by atoms with Crippen molar-refractivity contribution in [1.82, 2.24) is 0 Å². The molecular formula is C22H24N2O4. The van der Waals surface area contributed by atoms with Crippen molar-refractivity contribution in [3.63, 3.8) is 0 Å². The predicted octanol–water partition coefficient (Wildman–Crippen LogP) is 4.43. The van der Waals surface area contributed by atoms with Crippen LogP contribution in [-0.4, -0.2) is 25.7 Å². The molecule has 0 unspecified atom stereocenters. The molecule has 0 atom stereocenters. The monoisotopic (exact) mass is 380 g/mol. The molecule has 0 aliphatic rings. The summed E-state index contributed by atoms with van der Waals surface area (Å²) in [4.78, 5) is 12.4. The van der Waals surface area contributed by atoms with Gasteiger partial charge in [0, 0.05) is 5.69 Å². The zero-order valence-corrected chi connectivity index (χ0v) is 16.3. The molecule has 146 valence electrons. The SMILES string of the molecule is CCOc1ccc(NC(=O)C(C#N)=Cc2ccc(OCC)c(OCC)c2)cc1. The molecule has 0 aliphatic heterocycles. The Balaban J connectivity index is 2.19. The van der Waals surface area contributed by atoms with E-state index in [-0.39, 0.29) is 5.57 Å². The molecule has 1 amide bonds. The number of nitriles is 1. The Bertz CT molecular complexity index is 867. The number of anilines is 1. The van der Waals surface area contributed by atoms with Crippen molar-refractivity contribution < 1.29 is 19.0 Å². The van der Waals surface area contributed by atoms with Crippen LogP contribution >= 0.6 is 0 Å². The summed E-state index contributed by atoms with van der Waals surface area (Å²) in [6.45, 7) is 7.24. The Labute approximate surface area is 165 Å². The molecule has 0 fully saturated rings. The Morgan fingerprint density at radius 1 is 0.964 bits per heavy atom. The molecule has 2 rings (SSSR count). The van der Waals surface area contributed by atoms with E-state index in [1.807, 2.05) is 26.8 Å². The van der Waals surface area contributed by atoms with Crippen LogP contribution in [0.15, 0.2) is 48.0 Å². The highest BCUT2D eigenvalue weighted by atomic mass is 16.5. The van der Waals surface area contributed by atoms with Crippen LogP contribution in [0.3, 0.4) is 0 Å². The minimum atomic E-state index is -0.487. The summed E-state index contributed by atoms with van der Waals surface area (Å²) in [5.74, 6) is 1.43. The number of rotatable bonds is 9. The normalized spacial score (nSPS) is 10.7. The Hall–Kier alpha value is -3.46. The van der Waals surface area contributed by atoms with Gasteiger partial charge in [-0.1, -0.05) is 6.07 Å². The lowest BCUT2D eigenvalue weighted by Gasteiger charge is -2.11. The molecule has 0 saturated heterocycles. The van der Waals surface area contributed by atoms with Crippen molar-refractivity contribution in [3.8, 4) is 23.3 Å². The van der Waals surface area contributed by atoms with Crippen LogP contribution in [0.5, 0.6) is 17.2 Å². The standard InChI is InChI=1S/C22H24N2O4/c1-4-26-19-10-8-18(9-11-19)24-22(25)17(15-23)13-16-7-12-20(27-5-2)21(14-16)28-6-3/h7-14H,4-6H2,1-3H3,(H,24,25). The van der Waals surface area contributed by atoms with Gasteiger partial charge in [0.1, 0.15) is 17.4 Å². The molecule has 0 spiro atoms. The molecular weight excluding hydrogens is 356 g/mol. The number of nitrogens with one attached hydrogen (secondary N) is 1. The van der Waals surface area contributed by atoms with Crippen molar-refractivity contribution in [2.24, 2.45) is 0 Å². The molecule has 0 bridgehead atoms. The van der Waals surface area contributed by atoms with Crippen molar-refractivity contribution in [1.29, 1.82) is 5.26 Å². The summed E-state index contributed by atoms with van der Waals surface area (Å²) >= 11 is 0. The lowest BCUT2D eigenvalue weighted by atomic mass is 10.1. The molecule has 28 heavy (non-hydrogen) atoms. The number of hydrogen-bond acceptors (Lipinski definition) is 5. The van der Waals surface area contributed by atoms with E-state index in [9.17, 15) is 10.1 Å². The molecule has 0 aromatic heterocycles. The maximum absolute atomic E-state index is 12.4. The van der Waals surface area contributed by atoms with Gasteiger partial charge in [0.25, 0.3) is 5.91 Å². The van der Waals surface area contributed by atoms with Gasteiger partial charge >= 0.3 is 0 Å². The third-order valence-electron chi connectivity index (χ3n) is 3.67. The van der Waals surface area contributed by atoms with Gasteiger partial charge in [-0.2, -0.15) is 5.26 Å². The minimum Gasteiger partial charge on any atom is -0.494 e. The first-order chi connectivity index (χ1) is 13.6. The van der Waals surface area contributed by atoms with E-state index < -0.39 is 5.91 Å². The van der Waals surface area contributed by atoms with E-state index in [0.29, 0.717) is 42.6 Å². The number of carbonyl (C=O) groups is 1. The van der Waals surface area contributed by atoms with Gasteiger partial charge in [0.2, 0.25) is 0 Å². The van der Waals surface area contributed by atoms with Crippen LogP contribution in [0.25, 0.3) is 6.08 Å². The second-order valence-corrected chi connectivity index (χ2v) is 5.65. The molecule has 2 aromatic carbocycles. The maximum atomic E-state index is 12.4. The fourth-order valence-electron chi connectivity index (χ4n) is 2.47. The van der Waals surface area contributed by atoms with E-state index in [2.05, 4.69) is 5.32 Å². The fourth-order valence-corrected chi connectivity index (χ4v) is 2.47. The molecule has 6 nitrogen and oxygen atoms in total. The van der Waals surface area contributed by atoms with Crippen LogP contribution in [0.1, 0.15) is 26.3 Å². The molecule has 0 radical (unpaired) electrons. The van der Waals surface area contributed by atoms with Crippen LogP contribution in [0.4, 0.5) is 5.69 Å². The zero-order valence-electron chi connectivity index (χ0n) is 16.3. The number of hydrogen-bond donors (Lipinski definition) is 1. The number of ether oxygens (including phenoxy) is 3. The van der Waals surface area contributed by atoms with Crippen molar-refractivity contribution in [3.05, 3.63) is 53.6 Å². The third kappa shape index (κ3) is 5.78. The van der Waals surface area contributed by atoms with E-state index >= 15 is 0 Å². The van der Waals surface area contributed by atoms with Crippen molar-refractivity contribution in [2.45, 2.75) is 20.8 Å². The van der Waals surface area contributed by atoms with Crippen LogP contribution in [0, 0.1) is 11.3 Å². The Morgan fingerprint density at radius 2 is 1.61 bits per heavy atom. The average Bonchev–Trinajstić information content (AvgIpc) is 2.70. The largest absolute Gasteiger partial charge is 0.494 e. The second kappa shape index (κ2) is 10.6. The molecule has 0 saturated carbocycles. The van der Waals surface area contributed by atoms with E-state index in [0.717, 1.165) is 5.75 Å². The fraction of sp³-hybridized carbons (Fsp3) is 0.273. The lowest BCUT2D eigenvalue weighted by molar-refractivity contribution is -0.112. The summed E-state index contributed by atoms with van der Waals surface area (Å²) in [5.41, 5.74) is 1.24. The molecule has 2 aromatic rings. The highest BCUT2D eigenvalue weighted by Gasteiger charge is 2.11. The van der Waals surface area contributed by atoms with Gasteiger partial charge in [-0.25, -0.2) is 0 Å². The number of carbonyl (C=O) groups excluding carboxylic acids is 1. The van der Waals surface area contributed by atoms with E-state index in [1.54, 1.807) is 42.5 Å². The summed E-state index contributed by atoms with van der Waals surface area (Å²) < 4.78 is 16.5. The van der Waals surface area contributed by atoms with Gasteiger partial charge in [-0.3, -0.25) is 4.79 Å². The van der Waals surface area contributed by atoms with Crippen LogP contribution in [-0.2, 0) is 4.79 Å². The topological polar surface area (TPSA) is 80.6 Å². The second-order valence-electron chi connectivity index (χ2n) is 5.65. The lowest BCUT2D eigenvalue weighted by Crippen LogP contribution is -2.13. The van der Waals surface area contributed by atoms with Crippen LogP contribution in [0.2, 0.25) is 0 Å². The van der Waals surface area contributed by atoms with Gasteiger partial charge in [-0.05, 0) is 68.8 Å².